The van der Waals surface area contributed by atoms with Gasteiger partial charge in [0.15, 0.2) is 17.9 Å². The molecule has 7 heteroatoms. The van der Waals surface area contributed by atoms with Crippen LogP contribution in [-0.2, 0) is 5.60 Å². The molecule has 4 rings (SSSR count). The molecular formula is C19H18N3O3S+. The summed E-state index contributed by atoms with van der Waals surface area (Å²) < 4.78 is 2.02. The van der Waals surface area contributed by atoms with Crippen molar-refractivity contribution in [3.8, 4) is 0 Å². The van der Waals surface area contributed by atoms with Crippen LogP contribution in [0.3, 0.4) is 0 Å². The lowest BCUT2D eigenvalue weighted by atomic mass is 9.84. The first-order chi connectivity index (χ1) is 12.6. The van der Waals surface area contributed by atoms with E-state index < -0.39 is 10.5 Å². The first kappa shape index (κ1) is 16.9. The molecule has 2 aromatic rings. The number of aliphatic imine (C=N–C) groups is 1. The number of hydrogen-bond acceptors (Lipinski definition) is 5. The van der Waals surface area contributed by atoms with E-state index in [-0.39, 0.29) is 12.2 Å². The summed E-state index contributed by atoms with van der Waals surface area (Å²) in [5.74, 6) is 0.987. The highest BCUT2D eigenvalue weighted by Gasteiger charge is 2.47. The van der Waals surface area contributed by atoms with E-state index in [2.05, 4.69) is 4.99 Å². The van der Waals surface area contributed by atoms with Crippen molar-refractivity contribution in [1.82, 2.24) is 0 Å². The minimum atomic E-state index is -1.32. The minimum absolute atomic E-state index is 0.0131. The van der Waals surface area contributed by atoms with Crippen LogP contribution in [0.25, 0.3) is 0 Å². The molecule has 132 valence electrons. The van der Waals surface area contributed by atoms with Gasteiger partial charge in [-0.15, -0.1) is 0 Å². The molecule has 2 aliphatic rings. The Kier molecular flexibility index (Phi) is 4.34. The van der Waals surface area contributed by atoms with Crippen LogP contribution < -0.4 is 0 Å². The van der Waals surface area contributed by atoms with E-state index in [1.807, 2.05) is 41.0 Å². The number of amidine groups is 1. The van der Waals surface area contributed by atoms with Gasteiger partial charge in [0.05, 0.1) is 11.5 Å². The molecule has 1 unspecified atom stereocenters. The van der Waals surface area contributed by atoms with E-state index in [0.717, 1.165) is 29.4 Å². The molecule has 0 saturated carbocycles. The standard InChI is InChI=1S/C19H18N3O3S/c23-19(15-7-2-1-3-8-15)13-20-18-21(10-5-11-26-18)17(19)14-6-4-9-16(12-14)22(24)25/h1-4,6-9,12,23H,5,10-11,13H2/q+1. The van der Waals surface area contributed by atoms with Gasteiger partial charge in [-0.2, -0.15) is 0 Å². The van der Waals surface area contributed by atoms with Gasteiger partial charge >= 0.3 is 5.17 Å². The lowest BCUT2D eigenvalue weighted by Crippen LogP contribution is -2.50. The molecule has 26 heavy (non-hydrogen) atoms. The van der Waals surface area contributed by atoms with Crippen LogP contribution in [0.4, 0.5) is 5.69 Å². The van der Waals surface area contributed by atoms with Gasteiger partial charge in [-0.3, -0.25) is 10.1 Å². The molecule has 0 radical (unpaired) electrons. The normalized spacial score (nSPS) is 22.6. The van der Waals surface area contributed by atoms with Crippen molar-refractivity contribution in [2.24, 2.45) is 4.99 Å². The molecular weight excluding hydrogens is 350 g/mol. The number of fused-ring (bicyclic) bond motifs is 1. The number of aliphatic hydroxyl groups is 1. The number of nitro groups is 1. The molecule has 0 spiro atoms. The molecule has 1 saturated heterocycles. The molecule has 1 N–H and O–H groups in total. The van der Waals surface area contributed by atoms with Gasteiger partial charge in [0.1, 0.15) is 0 Å². The van der Waals surface area contributed by atoms with Crippen LogP contribution in [-0.4, -0.2) is 44.3 Å². The van der Waals surface area contributed by atoms with Crippen molar-refractivity contribution in [3.63, 3.8) is 0 Å². The third-order valence-electron chi connectivity index (χ3n) is 4.67. The third kappa shape index (κ3) is 2.83. The Morgan fingerprint density at radius 1 is 1.19 bits per heavy atom. The first-order valence-electron chi connectivity index (χ1n) is 8.44. The highest BCUT2D eigenvalue weighted by atomic mass is 32.2. The molecule has 0 amide bonds. The van der Waals surface area contributed by atoms with E-state index in [9.17, 15) is 15.2 Å². The number of thioether (sulfide) groups is 1. The average Bonchev–Trinajstić information content (AvgIpc) is 2.68. The van der Waals surface area contributed by atoms with Crippen LogP contribution in [0.15, 0.2) is 59.6 Å². The maximum Gasteiger partial charge on any atom is 0.354 e. The maximum absolute atomic E-state index is 11.7. The number of rotatable bonds is 3. The number of nitro benzene ring substituents is 1. The monoisotopic (exact) mass is 368 g/mol. The quantitative estimate of drug-likeness (QED) is 0.513. The number of benzene rings is 2. The summed E-state index contributed by atoms with van der Waals surface area (Å²) in [5.41, 5.74) is 0.752. The molecule has 0 aromatic heterocycles. The van der Waals surface area contributed by atoms with Gasteiger partial charge in [0, 0.05) is 23.4 Å². The Morgan fingerprint density at radius 2 is 2.00 bits per heavy atom. The molecule has 2 aliphatic heterocycles. The van der Waals surface area contributed by atoms with Gasteiger partial charge in [-0.05, 0) is 23.7 Å². The van der Waals surface area contributed by atoms with Crippen molar-refractivity contribution in [1.29, 1.82) is 0 Å². The topological polar surface area (TPSA) is 78.7 Å². The fourth-order valence-corrected chi connectivity index (χ4v) is 4.43. The molecule has 6 nitrogen and oxygen atoms in total. The smallest absolute Gasteiger partial charge is 0.354 e. The predicted octanol–water partition coefficient (Wildman–Crippen LogP) is 2.79. The van der Waals surface area contributed by atoms with Crippen LogP contribution in [0.5, 0.6) is 0 Å². The zero-order valence-electron chi connectivity index (χ0n) is 14.0. The zero-order chi connectivity index (χ0) is 18.1. The van der Waals surface area contributed by atoms with Crippen molar-refractivity contribution in [2.75, 3.05) is 18.8 Å². The Balaban J connectivity index is 1.95. The van der Waals surface area contributed by atoms with E-state index in [4.69, 9.17) is 0 Å². The van der Waals surface area contributed by atoms with Crippen molar-refractivity contribution in [3.05, 3.63) is 75.8 Å². The second kappa shape index (κ2) is 6.66. The van der Waals surface area contributed by atoms with Crippen molar-refractivity contribution >= 4 is 28.3 Å². The molecule has 2 heterocycles. The molecule has 1 atom stereocenters. The van der Waals surface area contributed by atoms with Crippen LogP contribution >= 0.6 is 11.8 Å². The second-order valence-corrected chi connectivity index (χ2v) is 7.40. The predicted molar refractivity (Wildman–Crippen MR) is 102 cm³/mol. The van der Waals surface area contributed by atoms with Crippen LogP contribution in [0.2, 0.25) is 0 Å². The molecule has 0 bridgehead atoms. The van der Waals surface area contributed by atoms with Gasteiger partial charge in [0.25, 0.3) is 5.69 Å². The first-order valence-corrected chi connectivity index (χ1v) is 9.43. The van der Waals surface area contributed by atoms with E-state index in [1.54, 1.807) is 17.8 Å². The minimum Gasteiger partial charge on any atom is -0.373 e. The van der Waals surface area contributed by atoms with Gasteiger partial charge in [-0.1, -0.05) is 47.5 Å². The molecule has 0 aliphatic carbocycles. The van der Waals surface area contributed by atoms with Gasteiger partial charge in [-0.25, -0.2) is 4.58 Å². The summed E-state index contributed by atoms with van der Waals surface area (Å²) in [6.45, 7) is 0.937. The Morgan fingerprint density at radius 3 is 2.77 bits per heavy atom. The summed E-state index contributed by atoms with van der Waals surface area (Å²) in [7, 11) is 0. The van der Waals surface area contributed by atoms with Crippen LogP contribution in [0.1, 0.15) is 17.5 Å². The second-order valence-electron chi connectivity index (χ2n) is 6.33. The maximum atomic E-state index is 11.7. The number of hydrogen-bond donors (Lipinski definition) is 1. The van der Waals surface area contributed by atoms with E-state index >= 15 is 0 Å². The van der Waals surface area contributed by atoms with Crippen LogP contribution in [0, 0.1) is 10.1 Å². The van der Waals surface area contributed by atoms with Gasteiger partial charge in [0.2, 0.25) is 0 Å². The average molecular weight is 368 g/mol. The molecule has 1 fully saturated rings. The highest BCUT2D eigenvalue weighted by molar-refractivity contribution is 8.13. The van der Waals surface area contributed by atoms with Crippen molar-refractivity contribution < 1.29 is 14.6 Å². The van der Waals surface area contributed by atoms with E-state index in [0.29, 0.717) is 11.3 Å². The summed E-state index contributed by atoms with van der Waals surface area (Å²) >= 11 is 1.66. The fourth-order valence-electron chi connectivity index (χ4n) is 3.48. The third-order valence-corrected chi connectivity index (χ3v) is 5.78. The van der Waals surface area contributed by atoms with Crippen molar-refractivity contribution in [2.45, 2.75) is 12.0 Å². The summed E-state index contributed by atoms with van der Waals surface area (Å²) in [5, 5.41) is 23.8. The Labute approximate surface area is 155 Å². The summed E-state index contributed by atoms with van der Waals surface area (Å²) in [6.07, 6.45) is 0.965. The highest BCUT2D eigenvalue weighted by Crippen LogP contribution is 2.33. The molecule has 2 aromatic carbocycles. The lowest BCUT2D eigenvalue weighted by molar-refractivity contribution is -0.413. The zero-order valence-corrected chi connectivity index (χ0v) is 14.9. The summed E-state index contributed by atoms with van der Waals surface area (Å²) in [6, 6.07) is 15.9. The SMILES string of the molecule is O=[N+]([O-])c1cccc(C2=[N+]3CCCSC3=NCC2(O)c2ccccc2)c1. The lowest BCUT2D eigenvalue weighted by Gasteiger charge is -2.32. The Bertz CT molecular complexity index is 927. The number of nitrogens with zero attached hydrogens (tertiary/aromatic N) is 3. The fraction of sp³-hybridized carbons (Fsp3) is 0.263. The Hall–Kier alpha value is -2.51. The summed E-state index contributed by atoms with van der Waals surface area (Å²) in [4.78, 5) is 15.4. The van der Waals surface area contributed by atoms with E-state index in [1.165, 1.54) is 12.1 Å². The number of non-ortho nitro benzene ring substituents is 1. The largest absolute Gasteiger partial charge is 0.373 e. The van der Waals surface area contributed by atoms with Gasteiger partial charge < -0.3 is 5.11 Å².